The Hall–Kier alpha value is -1.55. The van der Waals surface area contributed by atoms with E-state index in [1.54, 1.807) is 24.3 Å². The van der Waals surface area contributed by atoms with Crippen LogP contribution in [0.3, 0.4) is 0 Å². The Labute approximate surface area is 124 Å². The van der Waals surface area contributed by atoms with Crippen molar-refractivity contribution in [3.63, 3.8) is 0 Å². The number of hydrogen-bond donors (Lipinski definition) is 2. The van der Waals surface area contributed by atoms with Gasteiger partial charge >= 0.3 is 0 Å². The van der Waals surface area contributed by atoms with Crippen molar-refractivity contribution in [2.45, 2.75) is 39.2 Å². The van der Waals surface area contributed by atoms with Crippen molar-refractivity contribution in [2.75, 3.05) is 6.54 Å². The standard InChI is InChI=1S/C15H21ClN2O2/c1-3-11(2)18-14(19)5-4-10-17-15(20)12-6-8-13(16)9-7-12/h6-9,11H,3-5,10H2,1-2H3,(H,17,20)(H,18,19). The van der Waals surface area contributed by atoms with Crippen LogP contribution in [0, 0.1) is 0 Å². The maximum atomic E-state index is 11.8. The molecule has 1 aromatic carbocycles. The monoisotopic (exact) mass is 296 g/mol. The van der Waals surface area contributed by atoms with Crippen LogP contribution in [-0.2, 0) is 4.79 Å². The van der Waals surface area contributed by atoms with Crippen molar-refractivity contribution < 1.29 is 9.59 Å². The summed E-state index contributed by atoms with van der Waals surface area (Å²) in [5.41, 5.74) is 0.568. The van der Waals surface area contributed by atoms with Crippen LogP contribution in [0.15, 0.2) is 24.3 Å². The van der Waals surface area contributed by atoms with E-state index < -0.39 is 0 Å². The highest BCUT2D eigenvalue weighted by molar-refractivity contribution is 6.30. The van der Waals surface area contributed by atoms with Crippen LogP contribution in [0.25, 0.3) is 0 Å². The summed E-state index contributed by atoms with van der Waals surface area (Å²) in [6, 6.07) is 6.90. The third-order valence-corrected chi connectivity index (χ3v) is 3.24. The van der Waals surface area contributed by atoms with Crippen LogP contribution in [0.5, 0.6) is 0 Å². The molecule has 5 heteroatoms. The molecule has 110 valence electrons. The molecule has 0 aliphatic rings. The fourth-order valence-corrected chi connectivity index (χ4v) is 1.73. The summed E-state index contributed by atoms with van der Waals surface area (Å²) < 4.78 is 0. The Morgan fingerprint density at radius 2 is 1.90 bits per heavy atom. The van der Waals surface area contributed by atoms with Gasteiger partial charge in [-0.05, 0) is 44.0 Å². The van der Waals surface area contributed by atoms with E-state index in [2.05, 4.69) is 10.6 Å². The van der Waals surface area contributed by atoms with Crippen LogP contribution >= 0.6 is 11.6 Å². The number of hydrogen-bond acceptors (Lipinski definition) is 2. The van der Waals surface area contributed by atoms with Crippen molar-refractivity contribution in [3.8, 4) is 0 Å². The zero-order valence-corrected chi connectivity index (χ0v) is 12.7. The number of carbonyl (C=O) groups is 2. The van der Waals surface area contributed by atoms with Crippen molar-refractivity contribution in [1.82, 2.24) is 10.6 Å². The van der Waals surface area contributed by atoms with E-state index in [1.807, 2.05) is 13.8 Å². The molecule has 0 aromatic heterocycles. The van der Waals surface area contributed by atoms with E-state index in [-0.39, 0.29) is 17.9 Å². The molecule has 0 heterocycles. The largest absolute Gasteiger partial charge is 0.354 e. The quantitative estimate of drug-likeness (QED) is 0.760. The molecule has 0 aliphatic heterocycles. The Kier molecular flexibility index (Phi) is 7.09. The molecule has 1 rings (SSSR count). The van der Waals surface area contributed by atoms with Gasteiger partial charge in [-0.3, -0.25) is 9.59 Å². The Balaban J connectivity index is 2.22. The smallest absolute Gasteiger partial charge is 0.251 e. The van der Waals surface area contributed by atoms with Crippen LogP contribution in [0.4, 0.5) is 0 Å². The van der Waals surface area contributed by atoms with Gasteiger partial charge in [-0.1, -0.05) is 18.5 Å². The molecular formula is C15H21ClN2O2. The molecule has 20 heavy (non-hydrogen) atoms. The maximum Gasteiger partial charge on any atom is 0.251 e. The summed E-state index contributed by atoms with van der Waals surface area (Å²) in [7, 11) is 0. The molecule has 0 saturated carbocycles. The van der Waals surface area contributed by atoms with Crippen molar-refractivity contribution >= 4 is 23.4 Å². The summed E-state index contributed by atoms with van der Waals surface area (Å²) in [5.74, 6) is -0.121. The molecule has 0 bridgehead atoms. The number of amides is 2. The molecule has 0 fully saturated rings. The molecule has 4 nitrogen and oxygen atoms in total. The van der Waals surface area contributed by atoms with E-state index in [9.17, 15) is 9.59 Å². The SMILES string of the molecule is CCC(C)NC(=O)CCCNC(=O)c1ccc(Cl)cc1. The first-order valence-electron chi connectivity index (χ1n) is 6.86. The van der Waals surface area contributed by atoms with Crippen molar-refractivity contribution in [1.29, 1.82) is 0 Å². The van der Waals surface area contributed by atoms with Gasteiger partial charge in [-0.15, -0.1) is 0 Å². The average Bonchev–Trinajstić information content (AvgIpc) is 2.44. The van der Waals surface area contributed by atoms with E-state index in [0.717, 1.165) is 6.42 Å². The first-order chi connectivity index (χ1) is 9.52. The topological polar surface area (TPSA) is 58.2 Å². The van der Waals surface area contributed by atoms with Gasteiger partial charge in [0.1, 0.15) is 0 Å². The second-order valence-electron chi connectivity index (χ2n) is 4.74. The number of carbonyl (C=O) groups excluding carboxylic acids is 2. The Morgan fingerprint density at radius 1 is 1.25 bits per heavy atom. The molecule has 2 N–H and O–H groups in total. The minimum atomic E-state index is -0.149. The van der Waals surface area contributed by atoms with Crippen LogP contribution in [-0.4, -0.2) is 24.4 Å². The van der Waals surface area contributed by atoms with Gasteiger partial charge in [0.15, 0.2) is 0 Å². The summed E-state index contributed by atoms with van der Waals surface area (Å²) in [6.45, 7) is 4.48. The van der Waals surface area contributed by atoms with Crippen LogP contribution < -0.4 is 10.6 Å². The molecule has 0 saturated heterocycles. The van der Waals surface area contributed by atoms with E-state index in [4.69, 9.17) is 11.6 Å². The Bertz CT molecular complexity index is 446. The lowest BCUT2D eigenvalue weighted by molar-refractivity contribution is -0.121. The zero-order chi connectivity index (χ0) is 15.0. The van der Waals surface area contributed by atoms with Crippen LogP contribution in [0.2, 0.25) is 5.02 Å². The number of benzene rings is 1. The Morgan fingerprint density at radius 3 is 2.50 bits per heavy atom. The first kappa shape index (κ1) is 16.5. The second kappa shape index (κ2) is 8.59. The van der Waals surface area contributed by atoms with E-state index in [0.29, 0.717) is 30.0 Å². The number of rotatable bonds is 7. The lowest BCUT2D eigenvalue weighted by Gasteiger charge is -2.11. The normalized spacial score (nSPS) is 11.8. The molecular weight excluding hydrogens is 276 g/mol. The first-order valence-corrected chi connectivity index (χ1v) is 7.24. The van der Waals surface area contributed by atoms with Crippen molar-refractivity contribution in [2.24, 2.45) is 0 Å². The molecule has 0 spiro atoms. The minimum absolute atomic E-state index is 0.0279. The summed E-state index contributed by atoms with van der Waals surface area (Å²) in [4.78, 5) is 23.3. The van der Waals surface area contributed by atoms with Gasteiger partial charge in [-0.2, -0.15) is 0 Å². The lowest BCUT2D eigenvalue weighted by Crippen LogP contribution is -2.32. The molecule has 1 atom stereocenters. The summed E-state index contributed by atoms with van der Waals surface area (Å²) in [6.07, 6.45) is 1.96. The zero-order valence-electron chi connectivity index (χ0n) is 11.9. The highest BCUT2D eigenvalue weighted by Crippen LogP contribution is 2.09. The fourth-order valence-electron chi connectivity index (χ4n) is 1.60. The van der Waals surface area contributed by atoms with Gasteiger partial charge < -0.3 is 10.6 Å². The van der Waals surface area contributed by atoms with E-state index in [1.165, 1.54) is 0 Å². The van der Waals surface area contributed by atoms with Gasteiger partial charge in [0.25, 0.3) is 5.91 Å². The summed E-state index contributed by atoms with van der Waals surface area (Å²) >= 11 is 5.76. The fraction of sp³-hybridized carbons (Fsp3) is 0.467. The third kappa shape index (κ3) is 6.06. The number of nitrogens with one attached hydrogen (secondary N) is 2. The molecule has 0 aliphatic carbocycles. The van der Waals surface area contributed by atoms with E-state index >= 15 is 0 Å². The highest BCUT2D eigenvalue weighted by Gasteiger charge is 2.07. The van der Waals surface area contributed by atoms with Gasteiger partial charge in [-0.25, -0.2) is 0 Å². The average molecular weight is 297 g/mol. The highest BCUT2D eigenvalue weighted by atomic mass is 35.5. The molecule has 1 unspecified atom stereocenters. The van der Waals surface area contributed by atoms with Crippen molar-refractivity contribution in [3.05, 3.63) is 34.9 Å². The maximum absolute atomic E-state index is 11.8. The molecule has 1 aromatic rings. The van der Waals surface area contributed by atoms with Gasteiger partial charge in [0.05, 0.1) is 0 Å². The third-order valence-electron chi connectivity index (χ3n) is 2.99. The number of halogens is 1. The minimum Gasteiger partial charge on any atom is -0.354 e. The lowest BCUT2D eigenvalue weighted by atomic mass is 10.2. The second-order valence-corrected chi connectivity index (χ2v) is 5.18. The van der Waals surface area contributed by atoms with Crippen LogP contribution in [0.1, 0.15) is 43.5 Å². The molecule has 2 amide bonds. The predicted octanol–water partition coefficient (Wildman–Crippen LogP) is 2.76. The molecule has 0 radical (unpaired) electrons. The van der Waals surface area contributed by atoms with Gasteiger partial charge in [0.2, 0.25) is 5.91 Å². The van der Waals surface area contributed by atoms with Gasteiger partial charge in [0, 0.05) is 29.6 Å². The summed E-state index contributed by atoms with van der Waals surface area (Å²) in [5, 5.41) is 6.27. The predicted molar refractivity (Wildman–Crippen MR) is 80.9 cm³/mol.